The molecular weight excluding hydrogens is 244 g/mol. The van der Waals surface area contributed by atoms with Gasteiger partial charge in [0.1, 0.15) is 23.3 Å². The van der Waals surface area contributed by atoms with Gasteiger partial charge in [-0.05, 0) is 18.2 Å². The van der Waals surface area contributed by atoms with Gasteiger partial charge >= 0.3 is 0 Å². The Labute approximate surface area is 110 Å². The van der Waals surface area contributed by atoms with E-state index in [0.29, 0.717) is 28.8 Å². The fourth-order valence-corrected chi connectivity index (χ4v) is 1.51. The van der Waals surface area contributed by atoms with E-state index in [2.05, 4.69) is 15.3 Å². The van der Waals surface area contributed by atoms with Gasteiger partial charge in [-0.15, -0.1) is 0 Å². The quantitative estimate of drug-likeness (QED) is 0.902. The summed E-state index contributed by atoms with van der Waals surface area (Å²) in [5.74, 6) is 1.64. The summed E-state index contributed by atoms with van der Waals surface area (Å²) in [4.78, 5) is 8.08. The SMILES string of the molecule is COc1ccc(OC)c(Nc2nccc(C#N)n2)c1. The first-order valence-electron chi connectivity index (χ1n) is 5.49. The number of hydrogen-bond acceptors (Lipinski definition) is 6. The number of rotatable bonds is 4. The van der Waals surface area contributed by atoms with Crippen LogP contribution in [-0.2, 0) is 0 Å². The first-order valence-corrected chi connectivity index (χ1v) is 5.49. The Morgan fingerprint density at radius 1 is 1.21 bits per heavy atom. The molecule has 0 saturated carbocycles. The molecule has 0 radical (unpaired) electrons. The van der Waals surface area contributed by atoms with Crippen LogP contribution in [0.3, 0.4) is 0 Å². The van der Waals surface area contributed by atoms with Crippen molar-refractivity contribution in [2.45, 2.75) is 0 Å². The van der Waals surface area contributed by atoms with Crippen molar-refractivity contribution in [1.82, 2.24) is 9.97 Å². The fourth-order valence-electron chi connectivity index (χ4n) is 1.51. The van der Waals surface area contributed by atoms with Gasteiger partial charge in [0.15, 0.2) is 0 Å². The molecule has 0 saturated heterocycles. The molecule has 6 nitrogen and oxygen atoms in total. The molecule has 0 fully saturated rings. The molecule has 0 aliphatic carbocycles. The summed E-state index contributed by atoms with van der Waals surface area (Å²) >= 11 is 0. The Bertz CT molecular complexity index is 622. The van der Waals surface area contributed by atoms with Crippen LogP contribution < -0.4 is 14.8 Å². The summed E-state index contributed by atoms with van der Waals surface area (Å²) in [6, 6.07) is 8.82. The van der Waals surface area contributed by atoms with E-state index < -0.39 is 0 Å². The summed E-state index contributed by atoms with van der Waals surface area (Å²) in [6.45, 7) is 0. The smallest absolute Gasteiger partial charge is 0.228 e. The average molecular weight is 256 g/mol. The molecular formula is C13H12N4O2. The van der Waals surface area contributed by atoms with Crippen LogP contribution in [0.4, 0.5) is 11.6 Å². The number of nitrogens with zero attached hydrogens (tertiary/aromatic N) is 3. The highest BCUT2D eigenvalue weighted by Gasteiger charge is 2.07. The number of anilines is 2. The molecule has 0 aliphatic heterocycles. The topological polar surface area (TPSA) is 80.1 Å². The predicted octanol–water partition coefficient (Wildman–Crippen LogP) is 2.11. The van der Waals surface area contributed by atoms with Crippen LogP contribution in [0, 0.1) is 11.3 Å². The number of aromatic nitrogens is 2. The van der Waals surface area contributed by atoms with Gasteiger partial charge < -0.3 is 14.8 Å². The first kappa shape index (κ1) is 12.6. The van der Waals surface area contributed by atoms with Gasteiger partial charge in [-0.25, -0.2) is 9.97 Å². The Morgan fingerprint density at radius 2 is 2.05 bits per heavy atom. The maximum absolute atomic E-state index is 8.80. The van der Waals surface area contributed by atoms with E-state index in [0.717, 1.165) is 0 Å². The Balaban J connectivity index is 2.33. The van der Waals surface area contributed by atoms with E-state index in [1.165, 1.54) is 12.3 Å². The Hall–Kier alpha value is -2.81. The second-order valence-electron chi connectivity index (χ2n) is 3.57. The van der Waals surface area contributed by atoms with Crippen molar-refractivity contribution in [1.29, 1.82) is 5.26 Å². The van der Waals surface area contributed by atoms with Crippen LogP contribution in [-0.4, -0.2) is 24.2 Å². The molecule has 2 rings (SSSR count). The minimum absolute atomic E-state index is 0.291. The van der Waals surface area contributed by atoms with Crippen molar-refractivity contribution in [3.63, 3.8) is 0 Å². The van der Waals surface area contributed by atoms with Crippen LogP contribution in [0.25, 0.3) is 0 Å². The molecule has 0 amide bonds. The van der Waals surface area contributed by atoms with Crippen LogP contribution in [0.1, 0.15) is 5.69 Å². The van der Waals surface area contributed by atoms with Crippen LogP contribution in [0.5, 0.6) is 11.5 Å². The molecule has 0 atom stereocenters. The van der Waals surface area contributed by atoms with Crippen molar-refractivity contribution in [2.75, 3.05) is 19.5 Å². The lowest BCUT2D eigenvalue weighted by Gasteiger charge is -2.11. The third-order valence-electron chi connectivity index (χ3n) is 2.42. The molecule has 1 heterocycles. The van der Waals surface area contributed by atoms with E-state index in [-0.39, 0.29) is 0 Å². The summed E-state index contributed by atoms with van der Waals surface area (Å²) in [5, 5.41) is 11.8. The maximum Gasteiger partial charge on any atom is 0.228 e. The Kier molecular flexibility index (Phi) is 3.78. The highest BCUT2D eigenvalue weighted by molar-refractivity contribution is 5.65. The van der Waals surface area contributed by atoms with Gasteiger partial charge in [0.2, 0.25) is 5.95 Å². The highest BCUT2D eigenvalue weighted by atomic mass is 16.5. The fraction of sp³-hybridized carbons (Fsp3) is 0.154. The van der Waals surface area contributed by atoms with E-state index in [4.69, 9.17) is 14.7 Å². The van der Waals surface area contributed by atoms with E-state index in [1.807, 2.05) is 6.07 Å². The van der Waals surface area contributed by atoms with Crippen LogP contribution in [0.2, 0.25) is 0 Å². The van der Waals surface area contributed by atoms with E-state index >= 15 is 0 Å². The number of nitrogens with one attached hydrogen (secondary N) is 1. The monoisotopic (exact) mass is 256 g/mol. The van der Waals surface area contributed by atoms with Gasteiger partial charge in [-0.2, -0.15) is 5.26 Å². The summed E-state index contributed by atoms with van der Waals surface area (Å²) in [6.07, 6.45) is 1.51. The minimum Gasteiger partial charge on any atom is -0.497 e. The summed E-state index contributed by atoms with van der Waals surface area (Å²) in [7, 11) is 3.15. The van der Waals surface area contributed by atoms with Gasteiger partial charge in [0.25, 0.3) is 0 Å². The van der Waals surface area contributed by atoms with Crippen molar-refractivity contribution >= 4 is 11.6 Å². The summed E-state index contributed by atoms with van der Waals surface area (Å²) < 4.78 is 10.4. The lowest BCUT2D eigenvalue weighted by Crippen LogP contribution is -2.00. The third kappa shape index (κ3) is 2.90. The van der Waals surface area contributed by atoms with Crippen LogP contribution in [0.15, 0.2) is 30.5 Å². The van der Waals surface area contributed by atoms with Gasteiger partial charge in [0.05, 0.1) is 19.9 Å². The second kappa shape index (κ2) is 5.69. The third-order valence-corrected chi connectivity index (χ3v) is 2.42. The predicted molar refractivity (Wildman–Crippen MR) is 69.6 cm³/mol. The largest absolute Gasteiger partial charge is 0.497 e. The molecule has 2 aromatic rings. The normalized spacial score (nSPS) is 9.53. The number of hydrogen-bond donors (Lipinski definition) is 1. The molecule has 0 aliphatic rings. The number of methoxy groups -OCH3 is 2. The molecule has 0 unspecified atom stereocenters. The molecule has 1 aromatic heterocycles. The zero-order valence-corrected chi connectivity index (χ0v) is 10.5. The minimum atomic E-state index is 0.291. The van der Waals surface area contributed by atoms with E-state index in [1.54, 1.807) is 32.4 Å². The molecule has 0 spiro atoms. The van der Waals surface area contributed by atoms with Gasteiger partial charge in [-0.3, -0.25) is 0 Å². The van der Waals surface area contributed by atoms with Crippen LogP contribution >= 0.6 is 0 Å². The number of ether oxygens (including phenoxy) is 2. The van der Waals surface area contributed by atoms with Gasteiger partial charge in [-0.1, -0.05) is 0 Å². The number of nitriles is 1. The average Bonchev–Trinajstić information content (AvgIpc) is 2.47. The zero-order valence-electron chi connectivity index (χ0n) is 10.5. The van der Waals surface area contributed by atoms with Crippen molar-refractivity contribution in [3.05, 3.63) is 36.2 Å². The molecule has 1 aromatic carbocycles. The zero-order chi connectivity index (χ0) is 13.7. The second-order valence-corrected chi connectivity index (χ2v) is 3.57. The summed E-state index contributed by atoms with van der Waals surface area (Å²) in [5.41, 5.74) is 0.955. The molecule has 96 valence electrons. The molecule has 19 heavy (non-hydrogen) atoms. The maximum atomic E-state index is 8.80. The van der Waals surface area contributed by atoms with Crippen molar-refractivity contribution < 1.29 is 9.47 Å². The molecule has 0 bridgehead atoms. The van der Waals surface area contributed by atoms with Crippen molar-refractivity contribution in [3.8, 4) is 17.6 Å². The lowest BCUT2D eigenvalue weighted by molar-refractivity contribution is 0.405. The Morgan fingerprint density at radius 3 is 2.74 bits per heavy atom. The lowest BCUT2D eigenvalue weighted by atomic mass is 10.2. The first-order chi connectivity index (χ1) is 9.26. The van der Waals surface area contributed by atoms with Gasteiger partial charge in [0, 0.05) is 12.3 Å². The molecule has 1 N–H and O–H groups in total. The standard InChI is InChI=1S/C13H12N4O2/c1-18-10-3-4-12(19-2)11(7-10)17-13-15-6-5-9(8-14)16-13/h3-7H,1-2H3,(H,15,16,17). The van der Waals surface area contributed by atoms with E-state index in [9.17, 15) is 0 Å². The highest BCUT2D eigenvalue weighted by Crippen LogP contribution is 2.30. The van der Waals surface area contributed by atoms with Crippen molar-refractivity contribution in [2.24, 2.45) is 0 Å². The molecule has 6 heteroatoms. The number of benzene rings is 1.